The first-order chi connectivity index (χ1) is 8.40. The number of piperidine rings is 1. The summed E-state index contributed by atoms with van der Waals surface area (Å²) in [6.45, 7) is 3.99. The Morgan fingerprint density at radius 1 is 1.22 bits per heavy atom. The van der Waals surface area contributed by atoms with Crippen molar-refractivity contribution in [2.75, 3.05) is 19.8 Å². The lowest BCUT2D eigenvalue weighted by molar-refractivity contribution is -0.174. The van der Waals surface area contributed by atoms with Crippen LogP contribution in [0.4, 0.5) is 13.2 Å². The molecule has 1 N–H and O–H groups in total. The molecule has 2 atom stereocenters. The number of alkyl halides is 3. The SMILES string of the molecule is CC1CCCC(C)N1NCCCOCC(F)(F)F. The quantitative estimate of drug-likeness (QED) is 0.750. The lowest BCUT2D eigenvalue weighted by atomic mass is 10.00. The van der Waals surface area contributed by atoms with Gasteiger partial charge in [-0.3, -0.25) is 5.43 Å². The van der Waals surface area contributed by atoms with Gasteiger partial charge in [-0.2, -0.15) is 13.2 Å². The Morgan fingerprint density at radius 2 is 1.83 bits per heavy atom. The molecule has 2 unspecified atom stereocenters. The van der Waals surface area contributed by atoms with Gasteiger partial charge in [-0.15, -0.1) is 0 Å². The monoisotopic (exact) mass is 268 g/mol. The number of ether oxygens (including phenoxy) is 1. The van der Waals surface area contributed by atoms with Gasteiger partial charge in [0.25, 0.3) is 0 Å². The molecule has 3 nitrogen and oxygen atoms in total. The maximum absolute atomic E-state index is 11.8. The summed E-state index contributed by atoms with van der Waals surface area (Å²) in [7, 11) is 0. The largest absolute Gasteiger partial charge is 0.411 e. The third-order valence-corrected chi connectivity index (χ3v) is 3.22. The lowest BCUT2D eigenvalue weighted by Crippen LogP contribution is -2.52. The molecule has 6 heteroatoms. The van der Waals surface area contributed by atoms with Crippen LogP contribution in [0, 0.1) is 0 Å². The molecular formula is C12H23F3N2O. The minimum atomic E-state index is -4.22. The highest BCUT2D eigenvalue weighted by atomic mass is 19.4. The van der Waals surface area contributed by atoms with Gasteiger partial charge in [0.1, 0.15) is 6.61 Å². The van der Waals surface area contributed by atoms with E-state index in [0.29, 0.717) is 25.0 Å². The van der Waals surface area contributed by atoms with Crippen LogP contribution in [0.5, 0.6) is 0 Å². The van der Waals surface area contributed by atoms with Gasteiger partial charge >= 0.3 is 6.18 Å². The second-order valence-electron chi connectivity index (χ2n) is 4.97. The van der Waals surface area contributed by atoms with E-state index >= 15 is 0 Å². The Kier molecular flexibility index (Phi) is 6.38. The molecule has 0 aromatic rings. The van der Waals surface area contributed by atoms with E-state index in [9.17, 15) is 13.2 Å². The molecule has 0 aromatic heterocycles. The number of nitrogens with one attached hydrogen (secondary N) is 1. The average molecular weight is 268 g/mol. The zero-order valence-electron chi connectivity index (χ0n) is 11.1. The van der Waals surface area contributed by atoms with Gasteiger partial charge in [0.2, 0.25) is 0 Å². The number of nitrogens with zero attached hydrogens (tertiary/aromatic N) is 1. The van der Waals surface area contributed by atoms with E-state index in [-0.39, 0.29) is 6.61 Å². The molecule has 1 aliphatic rings. The van der Waals surface area contributed by atoms with Gasteiger partial charge in [0.15, 0.2) is 0 Å². The van der Waals surface area contributed by atoms with Gasteiger partial charge in [0.05, 0.1) is 0 Å². The van der Waals surface area contributed by atoms with Gasteiger partial charge in [0, 0.05) is 25.2 Å². The Labute approximate surface area is 107 Å². The molecule has 1 aliphatic heterocycles. The molecule has 0 spiro atoms. The molecule has 0 aliphatic carbocycles. The average Bonchev–Trinajstić information content (AvgIpc) is 2.25. The molecule has 0 saturated carbocycles. The normalized spacial score (nSPS) is 26.5. The molecule has 1 heterocycles. The van der Waals surface area contributed by atoms with Crippen LogP contribution in [0.2, 0.25) is 0 Å². The summed E-state index contributed by atoms with van der Waals surface area (Å²) in [5.41, 5.74) is 3.29. The summed E-state index contributed by atoms with van der Waals surface area (Å²) >= 11 is 0. The van der Waals surface area contributed by atoms with E-state index < -0.39 is 12.8 Å². The van der Waals surface area contributed by atoms with E-state index in [4.69, 9.17) is 0 Å². The third kappa shape index (κ3) is 6.02. The first kappa shape index (κ1) is 15.7. The van der Waals surface area contributed by atoms with Crippen LogP contribution in [-0.2, 0) is 4.74 Å². The number of halogens is 3. The van der Waals surface area contributed by atoms with Crippen molar-refractivity contribution in [3.63, 3.8) is 0 Å². The van der Waals surface area contributed by atoms with Gasteiger partial charge < -0.3 is 4.74 Å². The highest BCUT2D eigenvalue weighted by Gasteiger charge is 2.27. The topological polar surface area (TPSA) is 24.5 Å². The molecule has 0 amide bonds. The molecule has 108 valence electrons. The fraction of sp³-hybridized carbons (Fsp3) is 1.00. The first-order valence-electron chi connectivity index (χ1n) is 6.56. The molecule has 1 rings (SSSR count). The summed E-state index contributed by atoms with van der Waals surface area (Å²) in [5.74, 6) is 0. The van der Waals surface area contributed by atoms with Crippen molar-refractivity contribution in [3.8, 4) is 0 Å². The minimum absolute atomic E-state index is 0.142. The molecule has 18 heavy (non-hydrogen) atoms. The molecule has 0 radical (unpaired) electrons. The van der Waals surface area contributed by atoms with Crippen LogP contribution >= 0.6 is 0 Å². The van der Waals surface area contributed by atoms with Crippen molar-refractivity contribution in [1.29, 1.82) is 0 Å². The zero-order chi connectivity index (χ0) is 13.6. The van der Waals surface area contributed by atoms with Crippen LogP contribution in [-0.4, -0.2) is 43.0 Å². The second kappa shape index (κ2) is 7.31. The van der Waals surface area contributed by atoms with Crippen LogP contribution in [0.25, 0.3) is 0 Å². The highest BCUT2D eigenvalue weighted by molar-refractivity contribution is 4.76. The van der Waals surface area contributed by atoms with Crippen molar-refractivity contribution >= 4 is 0 Å². The summed E-state index contributed by atoms with van der Waals surface area (Å²) in [6.07, 6.45) is -0.0472. The Morgan fingerprint density at radius 3 is 2.39 bits per heavy atom. The maximum Gasteiger partial charge on any atom is 0.411 e. The maximum atomic E-state index is 11.8. The van der Waals surface area contributed by atoms with E-state index in [0.717, 1.165) is 0 Å². The van der Waals surface area contributed by atoms with Crippen molar-refractivity contribution < 1.29 is 17.9 Å². The fourth-order valence-corrected chi connectivity index (χ4v) is 2.30. The van der Waals surface area contributed by atoms with E-state index in [1.165, 1.54) is 19.3 Å². The molecule has 1 fully saturated rings. The Hall–Kier alpha value is -0.330. The van der Waals surface area contributed by atoms with E-state index in [1.807, 2.05) is 0 Å². The predicted molar refractivity (Wildman–Crippen MR) is 64.1 cm³/mol. The summed E-state index contributed by atoms with van der Waals surface area (Å²) in [4.78, 5) is 0. The van der Waals surface area contributed by atoms with E-state index in [2.05, 4.69) is 29.0 Å². The predicted octanol–water partition coefficient (Wildman–Crippen LogP) is 2.72. The molecule has 0 bridgehead atoms. The number of hydrazine groups is 1. The van der Waals surface area contributed by atoms with Crippen LogP contribution in [0.3, 0.4) is 0 Å². The van der Waals surface area contributed by atoms with Crippen molar-refractivity contribution in [2.45, 2.75) is 57.8 Å². The second-order valence-corrected chi connectivity index (χ2v) is 4.97. The number of rotatable bonds is 6. The third-order valence-electron chi connectivity index (χ3n) is 3.22. The van der Waals surface area contributed by atoms with Crippen LogP contribution in [0.1, 0.15) is 39.5 Å². The van der Waals surface area contributed by atoms with Crippen LogP contribution in [0.15, 0.2) is 0 Å². The van der Waals surface area contributed by atoms with Crippen molar-refractivity contribution in [1.82, 2.24) is 10.4 Å². The van der Waals surface area contributed by atoms with Gasteiger partial charge in [-0.05, 0) is 33.1 Å². The smallest absolute Gasteiger partial charge is 0.372 e. The molecular weight excluding hydrogens is 245 g/mol. The fourth-order valence-electron chi connectivity index (χ4n) is 2.30. The van der Waals surface area contributed by atoms with Crippen molar-refractivity contribution in [3.05, 3.63) is 0 Å². The Balaban J connectivity index is 2.06. The minimum Gasteiger partial charge on any atom is -0.372 e. The van der Waals surface area contributed by atoms with Gasteiger partial charge in [-0.1, -0.05) is 6.42 Å². The summed E-state index contributed by atoms with van der Waals surface area (Å²) in [6, 6.07) is 0.981. The van der Waals surface area contributed by atoms with E-state index in [1.54, 1.807) is 0 Å². The van der Waals surface area contributed by atoms with Crippen molar-refractivity contribution in [2.24, 2.45) is 0 Å². The lowest BCUT2D eigenvalue weighted by Gasteiger charge is -2.39. The Bertz CT molecular complexity index is 226. The summed E-state index contributed by atoms with van der Waals surface area (Å²) in [5, 5.41) is 2.22. The summed E-state index contributed by atoms with van der Waals surface area (Å²) < 4.78 is 40.0. The zero-order valence-corrected chi connectivity index (χ0v) is 11.1. The standard InChI is InChI=1S/C12H23F3N2O/c1-10-5-3-6-11(2)17(10)16-7-4-8-18-9-12(13,14)15/h10-11,16H,3-9H2,1-2H3. The van der Waals surface area contributed by atoms with Gasteiger partial charge in [-0.25, -0.2) is 5.01 Å². The molecule has 1 saturated heterocycles. The highest BCUT2D eigenvalue weighted by Crippen LogP contribution is 2.20. The first-order valence-corrected chi connectivity index (χ1v) is 6.56. The molecule has 0 aromatic carbocycles. The number of hydrogen-bond acceptors (Lipinski definition) is 3. The van der Waals surface area contributed by atoms with Crippen LogP contribution < -0.4 is 5.43 Å². The number of hydrogen-bond donors (Lipinski definition) is 1.